The van der Waals surface area contributed by atoms with Gasteiger partial charge >= 0.3 is 0 Å². The Bertz CT molecular complexity index is 1000. The number of aromatic nitrogens is 1. The number of benzene rings is 2. The first-order chi connectivity index (χ1) is 11.7. The molecule has 0 saturated carbocycles. The van der Waals surface area contributed by atoms with Gasteiger partial charge in [0.2, 0.25) is 0 Å². The van der Waals surface area contributed by atoms with Crippen LogP contribution in [0.15, 0.2) is 48.7 Å². The lowest BCUT2D eigenvalue weighted by Gasteiger charge is -2.13. The molecule has 0 aliphatic heterocycles. The van der Waals surface area contributed by atoms with Crippen LogP contribution >= 0.6 is 0 Å². The molecule has 0 unspecified atom stereocenters. The van der Waals surface area contributed by atoms with Crippen LogP contribution in [0.25, 0.3) is 15.6 Å². The fourth-order valence-corrected chi connectivity index (χ4v) is 2.67. The second kappa shape index (κ2) is 6.47. The molecule has 0 fully saturated rings. The molecule has 0 amide bonds. The van der Waals surface area contributed by atoms with E-state index in [2.05, 4.69) is 4.85 Å². The van der Waals surface area contributed by atoms with Gasteiger partial charge in [-0.15, -0.1) is 0 Å². The van der Waals surface area contributed by atoms with Crippen molar-refractivity contribution in [1.82, 2.24) is 4.57 Å². The van der Waals surface area contributed by atoms with Gasteiger partial charge in [-0.25, -0.2) is 4.85 Å². The molecule has 2 aromatic carbocycles. The number of nitrogens with zero attached hydrogens (tertiary/aromatic N) is 2. The molecule has 0 aliphatic carbocycles. The third kappa shape index (κ3) is 2.82. The largest absolute Gasteiger partial charge is 0.497 e. The number of hydrogen-bond donors (Lipinski definition) is 1. The molecule has 0 aliphatic rings. The van der Waals surface area contributed by atoms with E-state index in [4.69, 9.17) is 21.5 Å². The topological polar surface area (TPSA) is 51.6 Å². The summed E-state index contributed by atoms with van der Waals surface area (Å²) in [5.41, 5.74) is 1.95. The molecule has 0 spiro atoms. The second-order valence-electron chi connectivity index (χ2n) is 5.35. The summed E-state index contributed by atoms with van der Waals surface area (Å²) in [6.07, 6.45) is 1.86. The summed E-state index contributed by atoms with van der Waals surface area (Å²) in [6.45, 7) is 7.61. The fraction of sp³-hybridized carbons (Fsp3) is 0.158. The van der Waals surface area contributed by atoms with E-state index in [1.54, 1.807) is 26.4 Å². The summed E-state index contributed by atoms with van der Waals surface area (Å²) < 4.78 is 12.5. The van der Waals surface area contributed by atoms with Crippen LogP contribution in [0.3, 0.4) is 0 Å². The number of hydrogen-bond acceptors (Lipinski definition) is 3. The van der Waals surface area contributed by atoms with Crippen LogP contribution in [0.1, 0.15) is 5.56 Å². The van der Waals surface area contributed by atoms with E-state index in [-0.39, 0.29) is 0 Å². The van der Waals surface area contributed by atoms with Gasteiger partial charge in [-0.05, 0) is 29.7 Å². The fourth-order valence-electron chi connectivity index (χ4n) is 2.67. The molecule has 0 atom stereocenters. The Kier molecular flexibility index (Phi) is 4.21. The van der Waals surface area contributed by atoms with E-state index in [0.29, 0.717) is 17.7 Å². The average molecular weight is 319 g/mol. The summed E-state index contributed by atoms with van der Waals surface area (Å²) in [4.78, 5) is 3.43. The number of methoxy groups -OCH3 is 2. The standard InChI is InChI=1S/C19H17N3O2/c1-21-15-5-7-17-13(10-15)8-9-22(19(17)20)12-14-4-6-16(23-2)11-18(14)24-3/h4-11,20H,12H2,2-3H3. The zero-order valence-corrected chi connectivity index (χ0v) is 13.5. The summed E-state index contributed by atoms with van der Waals surface area (Å²) in [6, 6.07) is 13.0. The maximum absolute atomic E-state index is 8.44. The van der Waals surface area contributed by atoms with Gasteiger partial charge in [-0.2, -0.15) is 0 Å². The first kappa shape index (κ1) is 15.6. The SMILES string of the molecule is [C-]#[N+]c1ccc2c(=N)n(Cc3ccc(OC)cc3OC)ccc2c1. The van der Waals surface area contributed by atoms with E-state index in [1.165, 1.54) is 0 Å². The molecule has 0 radical (unpaired) electrons. The van der Waals surface area contributed by atoms with E-state index in [0.717, 1.165) is 27.8 Å². The monoisotopic (exact) mass is 319 g/mol. The highest BCUT2D eigenvalue weighted by Crippen LogP contribution is 2.25. The number of pyridine rings is 1. The van der Waals surface area contributed by atoms with E-state index < -0.39 is 0 Å². The highest BCUT2D eigenvalue weighted by molar-refractivity contribution is 5.84. The third-order valence-corrected chi connectivity index (χ3v) is 3.98. The minimum atomic E-state index is 0.405. The molecule has 1 N–H and O–H groups in total. The normalized spacial score (nSPS) is 10.4. The molecule has 3 rings (SSSR count). The number of ether oxygens (including phenoxy) is 2. The third-order valence-electron chi connectivity index (χ3n) is 3.98. The van der Waals surface area contributed by atoms with Gasteiger partial charge < -0.3 is 14.0 Å². The van der Waals surface area contributed by atoms with Gasteiger partial charge in [0.15, 0.2) is 5.69 Å². The molecule has 120 valence electrons. The summed E-state index contributed by atoms with van der Waals surface area (Å²) >= 11 is 0. The maximum Gasteiger partial charge on any atom is 0.187 e. The molecular formula is C19H17N3O2. The highest BCUT2D eigenvalue weighted by Gasteiger charge is 2.07. The van der Waals surface area contributed by atoms with Crippen molar-refractivity contribution in [3.05, 3.63) is 71.1 Å². The Labute approximate surface area is 140 Å². The van der Waals surface area contributed by atoms with Gasteiger partial charge in [0.25, 0.3) is 0 Å². The van der Waals surface area contributed by atoms with Crippen molar-refractivity contribution in [2.75, 3.05) is 14.2 Å². The molecule has 5 heteroatoms. The molecular weight excluding hydrogens is 302 g/mol. The van der Waals surface area contributed by atoms with Gasteiger partial charge in [0.1, 0.15) is 17.0 Å². The number of rotatable bonds is 4. The average Bonchev–Trinajstić information content (AvgIpc) is 2.63. The lowest BCUT2D eigenvalue weighted by atomic mass is 10.1. The van der Waals surface area contributed by atoms with Crippen LogP contribution in [-0.4, -0.2) is 18.8 Å². The number of fused-ring (bicyclic) bond motifs is 1. The van der Waals surface area contributed by atoms with Crippen molar-refractivity contribution < 1.29 is 9.47 Å². The predicted octanol–water partition coefficient (Wildman–Crippen LogP) is 3.74. The van der Waals surface area contributed by atoms with Crippen molar-refractivity contribution >= 4 is 16.5 Å². The van der Waals surface area contributed by atoms with Crippen LogP contribution in [0.4, 0.5) is 5.69 Å². The van der Waals surface area contributed by atoms with Gasteiger partial charge in [0, 0.05) is 23.2 Å². The molecule has 1 heterocycles. The number of nitrogens with one attached hydrogen (secondary N) is 1. The molecule has 0 saturated heterocycles. The molecule has 5 nitrogen and oxygen atoms in total. The zero-order valence-electron chi connectivity index (χ0n) is 13.5. The predicted molar refractivity (Wildman–Crippen MR) is 92.7 cm³/mol. The summed E-state index contributed by atoms with van der Waals surface area (Å²) in [7, 11) is 3.24. The molecule has 1 aromatic heterocycles. The Balaban J connectivity index is 2.04. The first-order valence-electron chi connectivity index (χ1n) is 7.42. The van der Waals surface area contributed by atoms with Crippen LogP contribution < -0.4 is 15.0 Å². The zero-order chi connectivity index (χ0) is 17.1. The second-order valence-corrected chi connectivity index (χ2v) is 5.35. The summed E-state index contributed by atoms with van der Waals surface area (Å²) in [5.74, 6) is 1.46. The molecule has 24 heavy (non-hydrogen) atoms. The van der Waals surface area contributed by atoms with Gasteiger partial charge in [-0.3, -0.25) is 5.41 Å². The Morgan fingerprint density at radius 2 is 1.92 bits per heavy atom. The Hall–Kier alpha value is -3.26. The van der Waals surface area contributed by atoms with Crippen molar-refractivity contribution in [3.8, 4) is 11.5 Å². The van der Waals surface area contributed by atoms with Crippen molar-refractivity contribution in [2.45, 2.75) is 6.54 Å². The quantitative estimate of drug-likeness (QED) is 0.745. The molecule has 3 aromatic rings. The van der Waals surface area contributed by atoms with E-state index in [1.807, 2.05) is 41.1 Å². The van der Waals surface area contributed by atoms with Crippen molar-refractivity contribution in [1.29, 1.82) is 5.41 Å². The molecule has 0 bridgehead atoms. The Morgan fingerprint density at radius 3 is 2.62 bits per heavy atom. The smallest absolute Gasteiger partial charge is 0.187 e. The maximum atomic E-state index is 8.44. The van der Waals surface area contributed by atoms with Gasteiger partial charge in [-0.1, -0.05) is 12.1 Å². The van der Waals surface area contributed by atoms with Crippen LogP contribution in [0.2, 0.25) is 0 Å². The van der Waals surface area contributed by atoms with Crippen molar-refractivity contribution in [3.63, 3.8) is 0 Å². The van der Waals surface area contributed by atoms with E-state index in [9.17, 15) is 0 Å². The van der Waals surface area contributed by atoms with Crippen LogP contribution in [0.5, 0.6) is 11.5 Å². The van der Waals surface area contributed by atoms with Crippen LogP contribution in [0, 0.1) is 12.0 Å². The minimum absolute atomic E-state index is 0.405. The Morgan fingerprint density at radius 1 is 1.08 bits per heavy atom. The lowest BCUT2D eigenvalue weighted by Crippen LogP contribution is -2.20. The lowest BCUT2D eigenvalue weighted by molar-refractivity contribution is 0.390. The van der Waals surface area contributed by atoms with Crippen LogP contribution in [-0.2, 0) is 6.54 Å². The van der Waals surface area contributed by atoms with E-state index >= 15 is 0 Å². The summed E-state index contributed by atoms with van der Waals surface area (Å²) in [5, 5.41) is 10.2. The van der Waals surface area contributed by atoms with Gasteiger partial charge in [0.05, 0.1) is 27.3 Å². The minimum Gasteiger partial charge on any atom is -0.497 e. The van der Waals surface area contributed by atoms with Crippen molar-refractivity contribution in [2.24, 2.45) is 0 Å². The first-order valence-corrected chi connectivity index (χ1v) is 7.42. The highest BCUT2D eigenvalue weighted by atomic mass is 16.5.